The van der Waals surface area contributed by atoms with Gasteiger partial charge < -0.3 is 14.8 Å². The van der Waals surface area contributed by atoms with Crippen molar-refractivity contribution in [1.29, 1.82) is 0 Å². The van der Waals surface area contributed by atoms with E-state index in [0.29, 0.717) is 0 Å². The topological polar surface area (TPSA) is 43.4 Å². The summed E-state index contributed by atoms with van der Waals surface area (Å²) in [5.74, 6) is 0. The van der Waals surface area contributed by atoms with Gasteiger partial charge in [-0.3, -0.25) is 0 Å². The number of nitrogens with one attached hydrogen (secondary N) is 1. The molecule has 18 heavy (non-hydrogen) atoms. The number of hydrogen-bond donors (Lipinski definition) is 1. The zero-order chi connectivity index (χ0) is 12.8. The Bertz CT molecular complexity index is 362. The monoisotopic (exact) mass is 270 g/mol. The molecule has 2 heterocycles. The van der Waals surface area contributed by atoms with Gasteiger partial charge in [-0.15, -0.1) is 11.3 Å². The molecule has 2 rings (SSSR count). The fourth-order valence-electron chi connectivity index (χ4n) is 2.39. The van der Waals surface area contributed by atoms with Crippen molar-refractivity contribution in [2.45, 2.75) is 19.8 Å². The van der Waals surface area contributed by atoms with Crippen molar-refractivity contribution in [3.8, 4) is 0 Å². The average Bonchev–Trinajstić information content (AvgIpc) is 2.96. The lowest BCUT2D eigenvalue weighted by Crippen LogP contribution is -2.38. The Labute approximate surface area is 113 Å². The standard InChI is InChI=1S/C13H22N2O2S/c1-11-15-12(8-18-11)7-13(3-5-17-10-13)9-14-4-6-16-2/h8,14H,3-7,9-10H2,1-2H3. The summed E-state index contributed by atoms with van der Waals surface area (Å²) in [5.41, 5.74) is 1.42. The van der Waals surface area contributed by atoms with Crippen LogP contribution in [-0.4, -0.2) is 45.0 Å². The van der Waals surface area contributed by atoms with Crippen molar-refractivity contribution < 1.29 is 9.47 Å². The van der Waals surface area contributed by atoms with E-state index in [1.54, 1.807) is 18.4 Å². The highest BCUT2D eigenvalue weighted by atomic mass is 32.1. The number of ether oxygens (including phenoxy) is 2. The lowest BCUT2D eigenvalue weighted by Gasteiger charge is -2.27. The second-order valence-corrected chi connectivity index (χ2v) is 6.07. The van der Waals surface area contributed by atoms with Gasteiger partial charge in [0, 0.05) is 37.6 Å². The Hall–Kier alpha value is -0.490. The van der Waals surface area contributed by atoms with Crippen molar-refractivity contribution in [2.24, 2.45) is 5.41 Å². The van der Waals surface area contributed by atoms with Crippen LogP contribution in [0.1, 0.15) is 17.1 Å². The molecule has 0 amide bonds. The van der Waals surface area contributed by atoms with E-state index in [-0.39, 0.29) is 5.41 Å². The lowest BCUT2D eigenvalue weighted by atomic mass is 9.82. The molecule has 1 atom stereocenters. The average molecular weight is 270 g/mol. The fourth-order valence-corrected chi connectivity index (χ4v) is 3.00. The first-order valence-corrected chi connectivity index (χ1v) is 7.30. The molecule has 1 unspecified atom stereocenters. The van der Waals surface area contributed by atoms with Crippen LogP contribution in [-0.2, 0) is 15.9 Å². The second kappa shape index (κ2) is 6.61. The minimum atomic E-state index is 0.217. The van der Waals surface area contributed by atoms with Gasteiger partial charge in [-0.25, -0.2) is 4.98 Å². The number of methoxy groups -OCH3 is 1. The van der Waals surface area contributed by atoms with E-state index < -0.39 is 0 Å². The summed E-state index contributed by atoms with van der Waals surface area (Å²) in [4.78, 5) is 4.57. The van der Waals surface area contributed by atoms with Gasteiger partial charge in [0.15, 0.2) is 0 Å². The van der Waals surface area contributed by atoms with Crippen LogP contribution in [0.15, 0.2) is 5.38 Å². The smallest absolute Gasteiger partial charge is 0.0897 e. The van der Waals surface area contributed by atoms with Crippen LogP contribution in [0.25, 0.3) is 0 Å². The van der Waals surface area contributed by atoms with Crippen molar-refractivity contribution in [3.63, 3.8) is 0 Å². The zero-order valence-corrected chi connectivity index (χ0v) is 12.0. The molecular formula is C13H22N2O2S. The molecule has 5 heteroatoms. The van der Waals surface area contributed by atoms with Crippen LogP contribution < -0.4 is 5.32 Å². The third kappa shape index (κ3) is 3.75. The highest BCUT2D eigenvalue weighted by molar-refractivity contribution is 7.09. The highest BCUT2D eigenvalue weighted by Gasteiger charge is 2.35. The molecule has 1 aliphatic rings. The molecule has 0 aliphatic carbocycles. The SMILES string of the molecule is COCCNCC1(Cc2csc(C)n2)CCOC1. The van der Waals surface area contributed by atoms with Crippen molar-refractivity contribution in [3.05, 3.63) is 16.1 Å². The molecule has 1 aliphatic heterocycles. The van der Waals surface area contributed by atoms with Crippen molar-refractivity contribution >= 4 is 11.3 Å². The van der Waals surface area contributed by atoms with E-state index in [2.05, 4.69) is 22.6 Å². The van der Waals surface area contributed by atoms with Gasteiger partial charge in [-0.1, -0.05) is 0 Å². The molecule has 1 aromatic rings. The molecule has 0 radical (unpaired) electrons. The summed E-state index contributed by atoms with van der Waals surface area (Å²) >= 11 is 1.73. The van der Waals surface area contributed by atoms with Gasteiger partial charge in [0.05, 0.1) is 23.9 Å². The van der Waals surface area contributed by atoms with Crippen molar-refractivity contribution in [2.75, 3.05) is 40.0 Å². The van der Waals surface area contributed by atoms with Gasteiger partial charge in [0.1, 0.15) is 0 Å². The first-order valence-electron chi connectivity index (χ1n) is 6.42. The number of hydrogen-bond acceptors (Lipinski definition) is 5. The first kappa shape index (κ1) is 13.9. The van der Waals surface area contributed by atoms with E-state index in [1.807, 2.05) is 0 Å². The Morgan fingerprint density at radius 3 is 3.11 bits per heavy atom. The summed E-state index contributed by atoms with van der Waals surface area (Å²) in [5, 5.41) is 6.78. The third-order valence-corrected chi connectivity index (χ3v) is 4.21. The predicted molar refractivity (Wildman–Crippen MR) is 73.2 cm³/mol. The molecule has 1 saturated heterocycles. The minimum absolute atomic E-state index is 0.217. The maximum Gasteiger partial charge on any atom is 0.0897 e. The Morgan fingerprint density at radius 1 is 1.61 bits per heavy atom. The molecule has 102 valence electrons. The van der Waals surface area contributed by atoms with E-state index in [0.717, 1.165) is 50.8 Å². The maximum atomic E-state index is 5.60. The van der Waals surface area contributed by atoms with E-state index in [9.17, 15) is 0 Å². The molecule has 0 aromatic carbocycles. The summed E-state index contributed by atoms with van der Waals surface area (Å²) < 4.78 is 10.7. The number of thiazole rings is 1. The number of aromatic nitrogens is 1. The van der Waals surface area contributed by atoms with Gasteiger partial charge >= 0.3 is 0 Å². The molecule has 1 N–H and O–H groups in total. The lowest BCUT2D eigenvalue weighted by molar-refractivity contribution is 0.144. The highest BCUT2D eigenvalue weighted by Crippen LogP contribution is 2.32. The Balaban J connectivity index is 1.89. The molecule has 0 spiro atoms. The normalized spacial score (nSPS) is 23.7. The largest absolute Gasteiger partial charge is 0.383 e. The maximum absolute atomic E-state index is 5.60. The number of rotatable bonds is 7. The summed E-state index contributed by atoms with van der Waals surface area (Å²) in [6.45, 7) is 6.40. The van der Waals surface area contributed by atoms with Gasteiger partial charge in [-0.2, -0.15) is 0 Å². The van der Waals surface area contributed by atoms with Crippen LogP contribution in [0, 0.1) is 12.3 Å². The van der Waals surface area contributed by atoms with E-state index in [4.69, 9.17) is 9.47 Å². The molecule has 0 saturated carbocycles. The number of nitrogens with zero attached hydrogens (tertiary/aromatic N) is 1. The first-order chi connectivity index (χ1) is 8.74. The van der Waals surface area contributed by atoms with Gasteiger partial charge in [0.2, 0.25) is 0 Å². The van der Waals surface area contributed by atoms with Crippen LogP contribution in [0.5, 0.6) is 0 Å². The van der Waals surface area contributed by atoms with E-state index in [1.165, 1.54) is 5.69 Å². The predicted octanol–water partition coefficient (Wildman–Crippen LogP) is 1.64. The summed E-state index contributed by atoms with van der Waals surface area (Å²) in [6.07, 6.45) is 2.13. The quantitative estimate of drug-likeness (QED) is 0.765. The van der Waals surface area contributed by atoms with Crippen LogP contribution >= 0.6 is 11.3 Å². The zero-order valence-electron chi connectivity index (χ0n) is 11.2. The van der Waals surface area contributed by atoms with Gasteiger partial charge in [0.25, 0.3) is 0 Å². The fraction of sp³-hybridized carbons (Fsp3) is 0.769. The van der Waals surface area contributed by atoms with Gasteiger partial charge in [-0.05, 0) is 19.8 Å². The number of aryl methyl sites for hydroxylation is 1. The minimum Gasteiger partial charge on any atom is -0.383 e. The van der Waals surface area contributed by atoms with Crippen LogP contribution in [0.2, 0.25) is 0 Å². The molecular weight excluding hydrogens is 248 g/mol. The Kier molecular flexibility index (Phi) is 5.12. The second-order valence-electron chi connectivity index (χ2n) is 5.01. The summed E-state index contributed by atoms with van der Waals surface area (Å²) in [7, 11) is 1.73. The van der Waals surface area contributed by atoms with E-state index >= 15 is 0 Å². The molecule has 1 aromatic heterocycles. The summed E-state index contributed by atoms with van der Waals surface area (Å²) in [6, 6.07) is 0. The Morgan fingerprint density at radius 2 is 2.50 bits per heavy atom. The molecule has 4 nitrogen and oxygen atoms in total. The molecule has 0 bridgehead atoms. The van der Waals surface area contributed by atoms with Crippen LogP contribution in [0.3, 0.4) is 0 Å². The van der Waals surface area contributed by atoms with Crippen LogP contribution in [0.4, 0.5) is 0 Å². The third-order valence-electron chi connectivity index (χ3n) is 3.39. The van der Waals surface area contributed by atoms with Crippen molar-refractivity contribution in [1.82, 2.24) is 10.3 Å². The molecule has 1 fully saturated rings.